The van der Waals surface area contributed by atoms with E-state index >= 15 is 0 Å². The van der Waals surface area contributed by atoms with E-state index in [9.17, 15) is 18.6 Å². The molecule has 1 heterocycles. The summed E-state index contributed by atoms with van der Waals surface area (Å²) < 4.78 is 37.4. The Morgan fingerprint density at radius 1 is 1.18 bits per heavy atom. The summed E-state index contributed by atoms with van der Waals surface area (Å²) in [5.74, 6) is -1.73. The first-order valence-corrected chi connectivity index (χ1v) is 12.8. The lowest BCUT2D eigenvalue weighted by Gasteiger charge is -2.45. The first-order valence-electron chi connectivity index (χ1n) is 11.4. The Hall–Kier alpha value is -2.52. The van der Waals surface area contributed by atoms with Crippen molar-refractivity contribution in [1.82, 2.24) is 4.90 Å². The van der Waals surface area contributed by atoms with Crippen molar-refractivity contribution < 1.29 is 23.4 Å². The Labute approximate surface area is 201 Å². The Morgan fingerprint density at radius 3 is 2.56 bits per heavy atom. The topological polar surface area (TPSA) is 99.4 Å². The number of allylic oxidation sites excluding steroid dienone is 1. The molecule has 0 bridgehead atoms. The number of benzene rings is 2. The van der Waals surface area contributed by atoms with E-state index in [4.69, 9.17) is 4.74 Å². The van der Waals surface area contributed by atoms with Crippen LogP contribution in [0.3, 0.4) is 0 Å². The highest BCUT2D eigenvalue weighted by atomic mass is 32.2. The maximum atomic E-state index is 13.6. The largest absolute Gasteiger partial charge is 0.395 e. The molecule has 1 unspecified atom stereocenters. The number of rotatable bonds is 4. The molecule has 34 heavy (non-hydrogen) atoms. The fourth-order valence-corrected chi connectivity index (χ4v) is 5.79. The molecule has 7 nitrogen and oxygen atoms in total. The molecule has 8 heteroatoms. The lowest BCUT2D eigenvalue weighted by atomic mass is 9.85. The van der Waals surface area contributed by atoms with Crippen LogP contribution in [0.4, 0.5) is 0 Å². The van der Waals surface area contributed by atoms with E-state index in [1.807, 2.05) is 33.8 Å². The molecule has 0 spiro atoms. The number of ether oxygens (including phenoxy) is 1. The summed E-state index contributed by atoms with van der Waals surface area (Å²) in [7, 11) is -4.07. The SMILES string of the molecule is Cc1cc(C(C)(C)C)cc(S(=O)(=O)N=C2C=C3N(CCO)CCOC3(O)c3ccccc32)c1C. The lowest BCUT2D eigenvalue weighted by Crippen LogP contribution is -2.50. The molecule has 2 aliphatic rings. The predicted molar refractivity (Wildman–Crippen MR) is 131 cm³/mol. The third-order valence-corrected chi connectivity index (χ3v) is 7.97. The minimum Gasteiger partial charge on any atom is -0.395 e. The Kier molecular flexibility index (Phi) is 6.23. The second-order valence-corrected chi connectivity index (χ2v) is 11.5. The third kappa shape index (κ3) is 4.20. The lowest BCUT2D eigenvalue weighted by molar-refractivity contribution is -0.219. The molecule has 4 rings (SSSR count). The molecule has 1 aliphatic heterocycles. The van der Waals surface area contributed by atoms with Gasteiger partial charge in [-0.05, 0) is 48.1 Å². The van der Waals surface area contributed by atoms with Gasteiger partial charge in [0.15, 0.2) is 0 Å². The second-order valence-electron chi connectivity index (χ2n) is 9.90. The zero-order valence-electron chi connectivity index (χ0n) is 20.3. The van der Waals surface area contributed by atoms with E-state index in [1.54, 1.807) is 48.2 Å². The van der Waals surface area contributed by atoms with Crippen LogP contribution in [-0.4, -0.2) is 55.5 Å². The third-order valence-electron chi connectivity index (χ3n) is 6.55. The van der Waals surface area contributed by atoms with Gasteiger partial charge < -0.3 is 19.8 Å². The van der Waals surface area contributed by atoms with Crippen LogP contribution in [0, 0.1) is 13.8 Å². The van der Waals surface area contributed by atoms with Crippen molar-refractivity contribution in [3.05, 3.63) is 76.0 Å². The minimum atomic E-state index is -4.07. The molecule has 0 amide bonds. The van der Waals surface area contributed by atoms with Crippen molar-refractivity contribution in [2.75, 3.05) is 26.3 Å². The maximum absolute atomic E-state index is 13.6. The van der Waals surface area contributed by atoms with Crippen molar-refractivity contribution in [3.8, 4) is 0 Å². The molecule has 2 aromatic carbocycles. The van der Waals surface area contributed by atoms with Crippen LogP contribution in [0.5, 0.6) is 0 Å². The number of morpholine rings is 1. The van der Waals surface area contributed by atoms with Crippen LogP contribution in [0.2, 0.25) is 0 Å². The fraction of sp³-hybridized carbons (Fsp3) is 0.423. The normalized spacial score (nSPS) is 21.8. The molecule has 0 aromatic heterocycles. The van der Waals surface area contributed by atoms with Crippen LogP contribution < -0.4 is 0 Å². The number of sulfonamides is 1. The predicted octanol–water partition coefficient (Wildman–Crippen LogP) is 3.15. The Morgan fingerprint density at radius 2 is 1.88 bits per heavy atom. The quantitative estimate of drug-likeness (QED) is 0.692. The van der Waals surface area contributed by atoms with Gasteiger partial charge in [-0.1, -0.05) is 51.1 Å². The van der Waals surface area contributed by atoms with Crippen LogP contribution >= 0.6 is 0 Å². The first-order chi connectivity index (χ1) is 15.9. The number of nitrogens with zero attached hydrogens (tertiary/aromatic N) is 2. The van der Waals surface area contributed by atoms with Gasteiger partial charge in [-0.25, -0.2) is 0 Å². The zero-order valence-corrected chi connectivity index (χ0v) is 21.1. The Bertz CT molecular complexity index is 1290. The highest BCUT2D eigenvalue weighted by Crippen LogP contribution is 2.41. The van der Waals surface area contributed by atoms with Gasteiger partial charge in [0.25, 0.3) is 10.0 Å². The molecule has 2 N–H and O–H groups in total. The smallest absolute Gasteiger partial charge is 0.283 e. The second kappa shape index (κ2) is 8.61. The van der Waals surface area contributed by atoms with Gasteiger partial charge in [-0.15, -0.1) is 0 Å². The van der Waals surface area contributed by atoms with Gasteiger partial charge in [-0.3, -0.25) is 0 Å². The minimum absolute atomic E-state index is 0.113. The van der Waals surface area contributed by atoms with Gasteiger partial charge in [0, 0.05) is 24.2 Å². The summed E-state index contributed by atoms with van der Waals surface area (Å²) in [6, 6.07) is 10.7. The average molecular weight is 485 g/mol. The number of hydrogen-bond donors (Lipinski definition) is 2. The van der Waals surface area contributed by atoms with E-state index in [-0.39, 0.29) is 35.8 Å². The van der Waals surface area contributed by atoms with Crippen LogP contribution in [0.25, 0.3) is 0 Å². The molecule has 0 radical (unpaired) electrons. The first kappa shape index (κ1) is 24.6. The molecular formula is C26H32N2O5S. The summed E-state index contributed by atoms with van der Waals surface area (Å²) in [5.41, 5.74) is 3.76. The van der Waals surface area contributed by atoms with Gasteiger partial charge in [-0.2, -0.15) is 12.8 Å². The number of aryl methyl sites for hydroxylation is 1. The van der Waals surface area contributed by atoms with Crippen LogP contribution in [-0.2, 0) is 26.0 Å². The summed E-state index contributed by atoms with van der Waals surface area (Å²) in [4.78, 5) is 1.98. The van der Waals surface area contributed by atoms with Crippen molar-refractivity contribution in [3.63, 3.8) is 0 Å². The summed E-state index contributed by atoms with van der Waals surface area (Å²) >= 11 is 0. The highest BCUT2D eigenvalue weighted by Gasteiger charge is 2.46. The van der Waals surface area contributed by atoms with E-state index in [0.717, 1.165) is 11.1 Å². The van der Waals surface area contributed by atoms with Gasteiger partial charge in [0.05, 0.1) is 29.5 Å². The molecule has 1 saturated heterocycles. The molecule has 1 atom stereocenters. The summed E-state index contributed by atoms with van der Waals surface area (Å²) in [6.07, 6.45) is 1.56. The van der Waals surface area contributed by atoms with E-state index in [1.165, 1.54) is 0 Å². The maximum Gasteiger partial charge on any atom is 0.283 e. The average Bonchev–Trinajstić information content (AvgIpc) is 2.76. The standard InChI is InChI=1S/C26H32N2O5S/c1-17-14-19(25(3,4)5)15-23(18(17)2)34(31,32)27-22-16-24-26(30,21-9-7-6-8-20(21)22)33-13-11-28(24)10-12-29/h6-9,14-16,29-30H,10-13H2,1-5H3. The van der Waals surface area contributed by atoms with Crippen molar-refractivity contribution in [2.24, 2.45) is 4.40 Å². The van der Waals surface area contributed by atoms with Gasteiger partial charge in [0.1, 0.15) is 0 Å². The van der Waals surface area contributed by atoms with Gasteiger partial charge in [0.2, 0.25) is 5.79 Å². The molecule has 2 aromatic rings. The molecular weight excluding hydrogens is 452 g/mol. The zero-order chi connectivity index (χ0) is 24.9. The molecule has 0 saturated carbocycles. The monoisotopic (exact) mass is 484 g/mol. The number of hydrogen-bond acceptors (Lipinski definition) is 6. The van der Waals surface area contributed by atoms with E-state index in [0.29, 0.717) is 28.9 Å². The Balaban J connectivity index is 1.92. The highest BCUT2D eigenvalue weighted by molar-refractivity contribution is 7.90. The number of aliphatic hydroxyl groups is 2. The summed E-state index contributed by atoms with van der Waals surface area (Å²) in [5, 5.41) is 21.0. The molecule has 182 valence electrons. The van der Waals surface area contributed by atoms with E-state index in [2.05, 4.69) is 4.40 Å². The molecule has 1 fully saturated rings. The van der Waals surface area contributed by atoms with Gasteiger partial charge >= 0.3 is 0 Å². The van der Waals surface area contributed by atoms with Crippen LogP contribution in [0.1, 0.15) is 48.6 Å². The van der Waals surface area contributed by atoms with Crippen molar-refractivity contribution in [2.45, 2.75) is 50.7 Å². The summed E-state index contributed by atoms with van der Waals surface area (Å²) in [6.45, 7) is 10.7. The van der Waals surface area contributed by atoms with Crippen LogP contribution in [0.15, 0.2) is 57.5 Å². The number of β-amino-alcohol motifs (C(OH)–C–C–N with tert-alkyl or cyclic N) is 1. The van der Waals surface area contributed by atoms with Crippen molar-refractivity contribution >= 4 is 15.7 Å². The van der Waals surface area contributed by atoms with Crippen molar-refractivity contribution in [1.29, 1.82) is 0 Å². The molecule has 1 aliphatic carbocycles. The van der Waals surface area contributed by atoms with E-state index < -0.39 is 15.8 Å². The number of aliphatic hydroxyl groups excluding tert-OH is 1. The fourth-order valence-electron chi connectivity index (χ4n) is 4.46. The number of fused-ring (bicyclic) bond motifs is 3.